The highest BCUT2D eigenvalue weighted by Crippen LogP contribution is 2.29. The third-order valence-electron chi connectivity index (χ3n) is 6.32. The molecule has 32 heavy (non-hydrogen) atoms. The number of rotatable bonds is 5. The average molecular weight is 488 g/mol. The van der Waals surface area contributed by atoms with E-state index in [2.05, 4.69) is 4.90 Å². The van der Waals surface area contributed by atoms with E-state index >= 15 is 0 Å². The molecule has 10 nitrogen and oxygen atoms in total. The van der Waals surface area contributed by atoms with Gasteiger partial charge in [0.25, 0.3) is 5.91 Å². The summed E-state index contributed by atoms with van der Waals surface area (Å²) in [5, 5.41) is 0. The average Bonchev–Trinajstić information content (AvgIpc) is 3.18. The van der Waals surface area contributed by atoms with E-state index in [0.717, 1.165) is 0 Å². The fourth-order valence-corrected chi connectivity index (χ4v) is 7.82. The molecule has 1 unspecified atom stereocenters. The van der Waals surface area contributed by atoms with Crippen molar-refractivity contribution >= 4 is 25.8 Å². The van der Waals surface area contributed by atoms with E-state index in [0.29, 0.717) is 45.8 Å². The number of amides is 1. The number of hydrogen-bond acceptors (Lipinski definition) is 8. The maximum atomic E-state index is 13.2. The number of morpholine rings is 1. The van der Waals surface area contributed by atoms with Crippen molar-refractivity contribution in [3.05, 3.63) is 23.8 Å². The molecule has 0 aromatic heterocycles. The van der Waals surface area contributed by atoms with Gasteiger partial charge in [-0.3, -0.25) is 9.69 Å². The highest BCUT2D eigenvalue weighted by molar-refractivity contribution is 7.91. The first-order chi connectivity index (χ1) is 15.2. The molecule has 3 aliphatic heterocycles. The Hall–Kier alpha value is -1.73. The lowest BCUT2D eigenvalue weighted by atomic mass is 10.1. The number of nitrogens with zero attached hydrogens (tertiary/aromatic N) is 3. The number of ether oxygens (including phenoxy) is 2. The highest BCUT2D eigenvalue weighted by Gasteiger charge is 2.35. The van der Waals surface area contributed by atoms with Gasteiger partial charge in [0.1, 0.15) is 10.6 Å². The second kappa shape index (κ2) is 9.26. The zero-order valence-electron chi connectivity index (χ0n) is 18.1. The van der Waals surface area contributed by atoms with Crippen molar-refractivity contribution in [3.63, 3.8) is 0 Å². The van der Waals surface area contributed by atoms with Gasteiger partial charge in [-0.25, -0.2) is 16.8 Å². The molecule has 0 aliphatic carbocycles. The van der Waals surface area contributed by atoms with E-state index in [9.17, 15) is 21.6 Å². The van der Waals surface area contributed by atoms with Crippen LogP contribution in [-0.2, 0) is 24.6 Å². The van der Waals surface area contributed by atoms with Crippen LogP contribution in [0.4, 0.5) is 0 Å². The van der Waals surface area contributed by atoms with Crippen LogP contribution in [-0.4, -0.2) is 114 Å². The van der Waals surface area contributed by atoms with E-state index in [4.69, 9.17) is 9.47 Å². The van der Waals surface area contributed by atoms with E-state index in [-0.39, 0.29) is 52.8 Å². The lowest BCUT2D eigenvalue weighted by molar-refractivity contribution is 0.0587. The number of benzene rings is 1. The predicted octanol–water partition coefficient (Wildman–Crippen LogP) is -0.339. The zero-order valence-corrected chi connectivity index (χ0v) is 19.7. The van der Waals surface area contributed by atoms with Crippen molar-refractivity contribution < 1.29 is 31.1 Å². The maximum absolute atomic E-state index is 13.2. The molecule has 1 atom stereocenters. The standard InChI is InChI=1S/C20H29N3O7S2/c1-29-18-3-2-16(14-19(18)32(27,28)23-9-11-30-12-10-23)20(24)22-7-5-21(6-8-22)17-4-13-31(25,26)15-17/h2-3,14,17H,4-13,15H2,1H3. The van der Waals surface area contributed by atoms with Crippen LogP contribution in [0, 0.1) is 0 Å². The molecule has 3 heterocycles. The summed E-state index contributed by atoms with van der Waals surface area (Å²) >= 11 is 0. The minimum atomic E-state index is -3.83. The summed E-state index contributed by atoms with van der Waals surface area (Å²) in [7, 11) is -5.38. The van der Waals surface area contributed by atoms with Gasteiger partial charge in [-0.1, -0.05) is 0 Å². The Morgan fingerprint density at radius 2 is 1.78 bits per heavy atom. The van der Waals surface area contributed by atoms with E-state index in [1.165, 1.54) is 23.5 Å². The second-order valence-electron chi connectivity index (χ2n) is 8.27. The van der Waals surface area contributed by atoms with Crippen LogP contribution in [0.15, 0.2) is 23.1 Å². The number of carbonyl (C=O) groups is 1. The number of methoxy groups -OCH3 is 1. The smallest absolute Gasteiger partial charge is 0.253 e. The summed E-state index contributed by atoms with van der Waals surface area (Å²) in [6.45, 7) is 3.28. The van der Waals surface area contributed by atoms with Crippen LogP contribution in [0.3, 0.4) is 0 Å². The third kappa shape index (κ3) is 4.79. The predicted molar refractivity (Wildman–Crippen MR) is 117 cm³/mol. The fourth-order valence-electron chi connectivity index (χ4n) is 4.47. The molecule has 1 aromatic carbocycles. The van der Waals surface area contributed by atoms with Gasteiger partial charge in [-0.05, 0) is 24.6 Å². The number of carbonyl (C=O) groups excluding carboxylic acids is 1. The molecule has 3 saturated heterocycles. The summed E-state index contributed by atoms with van der Waals surface area (Å²) in [4.78, 5) is 16.9. The molecule has 178 valence electrons. The topological polar surface area (TPSA) is 114 Å². The third-order valence-corrected chi connectivity index (χ3v) is 9.99. The Morgan fingerprint density at radius 1 is 1.09 bits per heavy atom. The Labute approximate surface area is 189 Å². The number of hydrogen-bond donors (Lipinski definition) is 0. The summed E-state index contributed by atoms with van der Waals surface area (Å²) in [6.07, 6.45) is 0.636. The molecule has 0 saturated carbocycles. The Bertz CT molecular complexity index is 1060. The molecule has 0 spiro atoms. The normalized spacial score (nSPS) is 25.0. The number of sulfonamides is 1. The van der Waals surface area contributed by atoms with Crippen molar-refractivity contribution in [2.24, 2.45) is 0 Å². The van der Waals surface area contributed by atoms with Gasteiger partial charge in [-0.15, -0.1) is 0 Å². The first-order valence-electron chi connectivity index (χ1n) is 10.7. The summed E-state index contributed by atoms with van der Waals surface area (Å²) in [6, 6.07) is 4.50. The van der Waals surface area contributed by atoms with E-state index < -0.39 is 19.9 Å². The molecule has 0 bridgehead atoms. The first kappa shape index (κ1) is 23.4. The van der Waals surface area contributed by atoms with Gasteiger partial charge in [0.2, 0.25) is 10.0 Å². The molecular formula is C20H29N3O7S2. The van der Waals surface area contributed by atoms with Gasteiger partial charge < -0.3 is 14.4 Å². The number of piperazine rings is 1. The molecule has 3 fully saturated rings. The molecule has 3 aliphatic rings. The monoisotopic (exact) mass is 487 g/mol. The minimum absolute atomic E-state index is 0.0171. The summed E-state index contributed by atoms with van der Waals surface area (Å²) in [5.41, 5.74) is 0.287. The van der Waals surface area contributed by atoms with E-state index in [1.54, 1.807) is 11.0 Å². The maximum Gasteiger partial charge on any atom is 0.253 e. The first-order valence-corrected chi connectivity index (χ1v) is 14.0. The summed E-state index contributed by atoms with van der Waals surface area (Å²) in [5.74, 6) is 0.357. The Kier molecular flexibility index (Phi) is 6.78. The SMILES string of the molecule is COc1ccc(C(=O)N2CCN(C3CCS(=O)(=O)C3)CC2)cc1S(=O)(=O)N1CCOCC1. The van der Waals surface area contributed by atoms with Crippen molar-refractivity contribution in [2.75, 3.05) is 71.1 Å². The molecule has 1 amide bonds. The quantitative estimate of drug-likeness (QED) is 0.554. The lowest BCUT2D eigenvalue weighted by Crippen LogP contribution is -2.52. The largest absolute Gasteiger partial charge is 0.495 e. The second-order valence-corrected chi connectivity index (χ2v) is 12.4. The Morgan fingerprint density at radius 3 is 2.38 bits per heavy atom. The fraction of sp³-hybridized carbons (Fsp3) is 0.650. The summed E-state index contributed by atoms with van der Waals surface area (Å²) < 4.78 is 61.7. The Balaban J connectivity index is 1.48. The van der Waals surface area contributed by atoms with Crippen LogP contribution < -0.4 is 4.74 Å². The molecule has 12 heteroatoms. The van der Waals surface area contributed by atoms with Gasteiger partial charge in [0.15, 0.2) is 9.84 Å². The van der Waals surface area contributed by atoms with Crippen LogP contribution in [0.2, 0.25) is 0 Å². The van der Waals surface area contributed by atoms with Crippen molar-refractivity contribution in [1.29, 1.82) is 0 Å². The molecule has 0 N–H and O–H groups in total. The van der Waals surface area contributed by atoms with E-state index in [1.807, 2.05) is 0 Å². The lowest BCUT2D eigenvalue weighted by Gasteiger charge is -2.37. The molecule has 0 radical (unpaired) electrons. The molecular weight excluding hydrogens is 458 g/mol. The van der Waals surface area contributed by atoms with Crippen molar-refractivity contribution in [2.45, 2.75) is 17.4 Å². The van der Waals surface area contributed by atoms with Crippen LogP contribution >= 0.6 is 0 Å². The van der Waals surface area contributed by atoms with Crippen LogP contribution in [0.1, 0.15) is 16.8 Å². The van der Waals surface area contributed by atoms with Crippen LogP contribution in [0.5, 0.6) is 5.75 Å². The minimum Gasteiger partial charge on any atom is -0.495 e. The molecule has 1 aromatic rings. The van der Waals surface area contributed by atoms with Gasteiger partial charge >= 0.3 is 0 Å². The van der Waals surface area contributed by atoms with Gasteiger partial charge in [-0.2, -0.15) is 4.31 Å². The highest BCUT2D eigenvalue weighted by atomic mass is 32.2. The van der Waals surface area contributed by atoms with Crippen LogP contribution in [0.25, 0.3) is 0 Å². The molecule has 4 rings (SSSR count). The number of sulfone groups is 1. The van der Waals surface area contributed by atoms with Crippen molar-refractivity contribution in [1.82, 2.24) is 14.1 Å². The van der Waals surface area contributed by atoms with Crippen molar-refractivity contribution in [3.8, 4) is 5.75 Å². The van der Waals surface area contributed by atoms with Gasteiger partial charge in [0.05, 0.1) is 31.8 Å². The van der Waals surface area contributed by atoms with Gasteiger partial charge in [0, 0.05) is 50.9 Å². The zero-order chi connectivity index (χ0) is 22.9.